The number of hydrogen-bond acceptors (Lipinski definition) is 0. The first-order valence-corrected chi connectivity index (χ1v) is 3.80. The molecule has 48 valence electrons. The van der Waals surface area contributed by atoms with Crippen LogP contribution in [0.2, 0.25) is 19.9 Å². The quantitative estimate of drug-likeness (QED) is 0.429. The average Bonchev–Trinajstić information content (AvgIpc) is 1.98. The van der Waals surface area contributed by atoms with Crippen LogP contribution in [-0.4, -0.2) is 13.4 Å². The summed E-state index contributed by atoms with van der Waals surface area (Å²) in [5.74, 6) is 0. The molecule has 0 aliphatic carbocycles. The van der Waals surface area contributed by atoms with E-state index < -0.39 is 0 Å². The third-order valence-electron chi connectivity index (χ3n) is 2.81. The minimum absolute atomic E-state index is 0.847. The summed E-state index contributed by atoms with van der Waals surface area (Å²) in [6, 6.07) is 0. The molecule has 2 heteroatoms. The largest absolute Gasteiger partial charge is 0.159 e. The van der Waals surface area contributed by atoms with Gasteiger partial charge in [0.2, 0.25) is 0 Å². The van der Waals surface area contributed by atoms with Crippen molar-refractivity contribution in [3.05, 3.63) is 10.9 Å². The van der Waals surface area contributed by atoms with E-state index in [1.54, 1.807) is 10.9 Å². The maximum absolute atomic E-state index is 2.32. The smallest absolute Gasteiger partial charge is 0.115 e. The molecule has 0 spiro atoms. The zero-order chi connectivity index (χ0) is 7.02. The molecule has 0 N–H and O–H groups in total. The van der Waals surface area contributed by atoms with Gasteiger partial charge in [-0.05, 0) is 0 Å². The van der Waals surface area contributed by atoms with Crippen molar-refractivity contribution in [3.63, 3.8) is 0 Å². The summed E-state index contributed by atoms with van der Waals surface area (Å²) in [7, 11) is 0. The van der Waals surface area contributed by atoms with Crippen LogP contribution in [0, 0.1) is 0 Å². The van der Waals surface area contributed by atoms with Gasteiger partial charge < -0.3 is 0 Å². The van der Waals surface area contributed by atoms with E-state index in [1.807, 2.05) is 0 Å². The average molecular weight is 120 g/mol. The van der Waals surface area contributed by atoms with Crippen LogP contribution in [0.3, 0.4) is 0 Å². The van der Waals surface area contributed by atoms with Gasteiger partial charge in [0, 0.05) is 0 Å². The van der Waals surface area contributed by atoms with E-state index in [0.29, 0.717) is 0 Å². The Labute approximate surface area is 58.9 Å². The molecule has 1 rings (SSSR count). The van der Waals surface area contributed by atoms with Gasteiger partial charge in [0.15, 0.2) is 13.4 Å². The Balaban J connectivity index is 2.79. The fraction of sp³-hybridized carbons (Fsp3) is 0.714. The lowest BCUT2D eigenvalue weighted by molar-refractivity contribution is 1.51. The molecule has 0 atom stereocenters. The lowest BCUT2D eigenvalue weighted by Crippen LogP contribution is -2.08. The van der Waals surface area contributed by atoms with Crippen LogP contribution in [-0.2, 0) is 0 Å². The Bertz CT molecular complexity index is 133. The lowest BCUT2D eigenvalue weighted by Gasteiger charge is -1.97. The number of hydrogen-bond donors (Lipinski definition) is 0. The van der Waals surface area contributed by atoms with Crippen molar-refractivity contribution in [3.8, 4) is 0 Å². The molecule has 9 heavy (non-hydrogen) atoms. The highest BCUT2D eigenvalue weighted by Crippen LogP contribution is 2.24. The van der Waals surface area contributed by atoms with Crippen LogP contribution >= 0.6 is 0 Å². The second kappa shape index (κ2) is 2.24. The van der Waals surface area contributed by atoms with Crippen LogP contribution in [0.1, 0.15) is 13.8 Å². The maximum atomic E-state index is 2.32. The molecule has 0 fully saturated rings. The summed E-state index contributed by atoms with van der Waals surface area (Å²) >= 11 is 0. The first kappa shape index (κ1) is 6.98. The molecule has 0 aromatic rings. The summed E-state index contributed by atoms with van der Waals surface area (Å²) in [6.07, 6.45) is 1.37. The SMILES string of the molecule is CB1CB(C)C(C)=C1C. The molecule has 0 saturated heterocycles. The summed E-state index contributed by atoms with van der Waals surface area (Å²) in [6.45, 7) is 10.9. The maximum Gasteiger partial charge on any atom is 0.159 e. The predicted molar refractivity (Wildman–Crippen MR) is 46.4 cm³/mol. The summed E-state index contributed by atoms with van der Waals surface area (Å²) in [5.41, 5.74) is 3.25. The van der Waals surface area contributed by atoms with Crippen molar-refractivity contribution in [2.24, 2.45) is 0 Å². The molecule has 0 bridgehead atoms. The normalized spacial score (nSPS) is 20.0. The van der Waals surface area contributed by atoms with Gasteiger partial charge in [-0.3, -0.25) is 0 Å². The van der Waals surface area contributed by atoms with E-state index in [-0.39, 0.29) is 0 Å². The Morgan fingerprint density at radius 1 is 1.00 bits per heavy atom. The minimum atomic E-state index is 0.847. The topological polar surface area (TPSA) is 0 Å². The van der Waals surface area contributed by atoms with Gasteiger partial charge in [-0.15, -0.1) is 10.9 Å². The van der Waals surface area contributed by atoms with Crippen molar-refractivity contribution in [2.75, 3.05) is 0 Å². The van der Waals surface area contributed by atoms with Gasteiger partial charge in [0.1, 0.15) is 0 Å². The molecule has 1 heterocycles. The molecular formula is C7H14B2. The summed E-state index contributed by atoms with van der Waals surface area (Å²) in [5, 5.41) is 0. The van der Waals surface area contributed by atoms with Gasteiger partial charge >= 0.3 is 0 Å². The second-order valence-corrected chi connectivity index (χ2v) is 3.40. The highest BCUT2D eigenvalue weighted by molar-refractivity contribution is 6.88. The second-order valence-electron chi connectivity index (χ2n) is 3.40. The molecule has 0 unspecified atom stereocenters. The fourth-order valence-electron chi connectivity index (χ4n) is 1.66. The van der Waals surface area contributed by atoms with Crippen molar-refractivity contribution in [1.82, 2.24) is 0 Å². The summed E-state index contributed by atoms with van der Waals surface area (Å²) < 4.78 is 0. The number of rotatable bonds is 0. The predicted octanol–water partition coefficient (Wildman–Crippen LogP) is 2.20. The molecule has 0 aromatic carbocycles. The van der Waals surface area contributed by atoms with Crippen molar-refractivity contribution in [2.45, 2.75) is 33.7 Å². The van der Waals surface area contributed by atoms with Crippen LogP contribution in [0.4, 0.5) is 0 Å². The van der Waals surface area contributed by atoms with E-state index in [0.717, 1.165) is 13.4 Å². The van der Waals surface area contributed by atoms with Crippen molar-refractivity contribution in [1.29, 1.82) is 0 Å². The zero-order valence-electron chi connectivity index (χ0n) is 6.86. The standard InChI is InChI=1S/C7H14B2/c1-6-7(2)9(4)5-8(6)3/h5H2,1-4H3. The van der Waals surface area contributed by atoms with E-state index in [2.05, 4.69) is 27.5 Å². The number of allylic oxidation sites excluding steroid dienone is 2. The Morgan fingerprint density at radius 3 is 1.44 bits per heavy atom. The first-order chi connectivity index (χ1) is 4.13. The molecular weight excluding hydrogens is 106 g/mol. The molecule has 0 nitrogen and oxygen atoms in total. The van der Waals surface area contributed by atoms with E-state index in [1.165, 1.54) is 6.22 Å². The molecule has 0 saturated carbocycles. The highest BCUT2D eigenvalue weighted by atomic mass is 13.9. The third kappa shape index (κ3) is 1.08. The first-order valence-electron chi connectivity index (χ1n) is 3.80. The van der Waals surface area contributed by atoms with Crippen molar-refractivity contribution < 1.29 is 0 Å². The zero-order valence-corrected chi connectivity index (χ0v) is 6.86. The highest BCUT2D eigenvalue weighted by Gasteiger charge is 2.26. The monoisotopic (exact) mass is 120 g/mol. The van der Waals surface area contributed by atoms with E-state index in [9.17, 15) is 0 Å². The summed E-state index contributed by atoms with van der Waals surface area (Å²) in [4.78, 5) is 0. The lowest BCUT2D eigenvalue weighted by atomic mass is 9.35. The van der Waals surface area contributed by atoms with Gasteiger partial charge in [-0.1, -0.05) is 33.7 Å². The van der Waals surface area contributed by atoms with Crippen LogP contribution < -0.4 is 0 Å². The molecule has 0 radical (unpaired) electrons. The van der Waals surface area contributed by atoms with Crippen LogP contribution in [0.25, 0.3) is 0 Å². The molecule has 0 amide bonds. The van der Waals surface area contributed by atoms with Crippen molar-refractivity contribution >= 4 is 13.4 Å². The molecule has 0 aromatic heterocycles. The van der Waals surface area contributed by atoms with E-state index >= 15 is 0 Å². The van der Waals surface area contributed by atoms with Gasteiger partial charge in [0.25, 0.3) is 0 Å². The third-order valence-corrected chi connectivity index (χ3v) is 2.81. The Morgan fingerprint density at radius 2 is 1.33 bits per heavy atom. The van der Waals surface area contributed by atoms with Gasteiger partial charge in [-0.2, -0.15) is 0 Å². The fourth-order valence-corrected chi connectivity index (χ4v) is 1.66. The van der Waals surface area contributed by atoms with Gasteiger partial charge in [0.05, 0.1) is 0 Å². The van der Waals surface area contributed by atoms with Gasteiger partial charge in [-0.25, -0.2) is 0 Å². The Kier molecular flexibility index (Phi) is 1.74. The minimum Gasteiger partial charge on any atom is -0.115 e. The van der Waals surface area contributed by atoms with E-state index in [4.69, 9.17) is 0 Å². The molecule has 1 aliphatic rings. The van der Waals surface area contributed by atoms with Crippen LogP contribution in [0.15, 0.2) is 10.9 Å². The van der Waals surface area contributed by atoms with Crippen LogP contribution in [0.5, 0.6) is 0 Å². The molecule has 1 aliphatic heterocycles. The Hall–Kier alpha value is -0.130.